The number of anilines is 1. The average Bonchev–Trinajstić information content (AvgIpc) is 2.82. The second-order valence-electron chi connectivity index (χ2n) is 7.79. The highest BCUT2D eigenvalue weighted by Gasteiger charge is 2.27. The van der Waals surface area contributed by atoms with Gasteiger partial charge in [0.15, 0.2) is 5.57 Å². The van der Waals surface area contributed by atoms with Crippen LogP contribution in [-0.4, -0.2) is 75.6 Å². The van der Waals surface area contributed by atoms with Crippen molar-refractivity contribution in [3.8, 4) is 0 Å². The Morgan fingerprint density at radius 2 is 1.53 bits per heavy atom. The highest BCUT2D eigenvalue weighted by molar-refractivity contribution is 6.14. The zero-order valence-corrected chi connectivity index (χ0v) is 19.1. The number of ether oxygens (including phenoxy) is 4. The minimum atomic E-state index is -0.674. The van der Waals surface area contributed by atoms with Crippen LogP contribution in [-0.2, 0) is 35.1 Å². The fraction of sp³-hybridized carbons (Fsp3) is 0.583. The minimum absolute atomic E-state index is 0.0995. The van der Waals surface area contributed by atoms with E-state index in [1.165, 1.54) is 5.56 Å². The smallest absolute Gasteiger partial charge is 0.347 e. The quantitative estimate of drug-likeness (QED) is 0.248. The molecule has 2 saturated heterocycles. The topological polar surface area (TPSA) is 77.5 Å². The van der Waals surface area contributed by atoms with Gasteiger partial charge in [-0.25, -0.2) is 9.59 Å². The lowest BCUT2D eigenvalue weighted by atomic mass is 10.1. The van der Waals surface area contributed by atoms with Gasteiger partial charge < -0.3 is 23.8 Å². The number of esters is 2. The molecule has 2 heterocycles. The summed E-state index contributed by atoms with van der Waals surface area (Å²) in [6.45, 7) is 9.34. The van der Waals surface area contributed by atoms with Crippen molar-refractivity contribution < 1.29 is 28.5 Å². The molecule has 3 rings (SSSR count). The van der Waals surface area contributed by atoms with Crippen LogP contribution in [0.2, 0.25) is 0 Å². The number of rotatable bonds is 9. The molecular formula is C24H34N2O6. The molecule has 0 atom stereocenters. The van der Waals surface area contributed by atoms with E-state index in [2.05, 4.69) is 17.0 Å². The number of hydrogen-bond acceptors (Lipinski definition) is 8. The number of carbonyl (C=O) groups excluding carboxylic acids is 2. The molecule has 8 heteroatoms. The van der Waals surface area contributed by atoms with Crippen molar-refractivity contribution in [1.29, 1.82) is 0 Å². The molecule has 0 bridgehead atoms. The monoisotopic (exact) mass is 446 g/mol. The van der Waals surface area contributed by atoms with Gasteiger partial charge in [0.25, 0.3) is 0 Å². The molecule has 2 fully saturated rings. The summed E-state index contributed by atoms with van der Waals surface area (Å²) in [6, 6.07) is 8.37. The molecule has 1 aromatic rings. The van der Waals surface area contributed by atoms with Crippen LogP contribution in [0, 0.1) is 0 Å². The SMILES string of the molecule is CCOC(=O)C(=CN(c1ccc(CN2CCOCC2)cc1)C1CCOCC1)C(=O)OCC. The van der Waals surface area contributed by atoms with Crippen molar-refractivity contribution in [2.75, 3.05) is 57.6 Å². The Labute approximate surface area is 190 Å². The third-order valence-electron chi connectivity index (χ3n) is 5.59. The fourth-order valence-electron chi connectivity index (χ4n) is 3.89. The molecule has 2 aliphatic rings. The van der Waals surface area contributed by atoms with Crippen LogP contribution in [0.1, 0.15) is 32.3 Å². The van der Waals surface area contributed by atoms with E-state index in [0.717, 1.165) is 51.4 Å². The summed E-state index contributed by atoms with van der Waals surface area (Å²) in [5.74, 6) is -1.35. The predicted molar refractivity (Wildman–Crippen MR) is 120 cm³/mol. The van der Waals surface area contributed by atoms with E-state index in [1.807, 2.05) is 17.0 Å². The van der Waals surface area contributed by atoms with Crippen molar-refractivity contribution in [3.05, 3.63) is 41.6 Å². The summed E-state index contributed by atoms with van der Waals surface area (Å²) >= 11 is 0. The zero-order chi connectivity index (χ0) is 22.8. The van der Waals surface area contributed by atoms with E-state index >= 15 is 0 Å². The second kappa shape index (κ2) is 12.6. The summed E-state index contributed by atoms with van der Waals surface area (Å²) in [6.07, 6.45) is 3.18. The number of hydrogen-bond donors (Lipinski definition) is 0. The summed E-state index contributed by atoms with van der Waals surface area (Å²) in [5, 5.41) is 0. The van der Waals surface area contributed by atoms with Crippen LogP contribution in [0.4, 0.5) is 5.69 Å². The van der Waals surface area contributed by atoms with Crippen LogP contribution in [0.15, 0.2) is 36.0 Å². The first-order valence-corrected chi connectivity index (χ1v) is 11.4. The van der Waals surface area contributed by atoms with Gasteiger partial charge in [-0.2, -0.15) is 0 Å². The second-order valence-corrected chi connectivity index (χ2v) is 7.79. The fourth-order valence-corrected chi connectivity index (χ4v) is 3.89. The predicted octanol–water partition coefficient (Wildman–Crippen LogP) is 2.51. The lowest BCUT2D eigenvalue weighted by Gasteiger charge is -2.34. The van der Waals surface area contributed by atoms with Gasteiger partial charge >= 0.3 is 11.9 Å². The van der Waals surface area contributed by atoms with Gasteiger partial charge in [0, 0.05) is 50.8 Å². The number of nitrogens with zero attached hydrogens (tertiary/aromatic N) is 2. The maximum Gasteiger partial charge on any atom is 0.347 e. The lowest BCUT2D eigenvalue weighted by molar-refractivity contribution is -0.146. The van der Waals surface area contributed by atoms with Crippen molar-refractivity contribution in [2.45, 2.75) is 39.3 Å². The minimum Gasteiger partial charge on any atom is -0.462 e. The molecule has 0 unspecified atom stereocenters. The van der Waals surface area contributed by atoms with Crippen LogP contribution >= 0.6 is 0 Å². The molecule has 1 aromatic carbocycles. The van der Waals surface area contributed by atoms with E-state index in [-0.39, 0.29) is 24.8 Å². The molecule has 32 heavy (non-hydrogen) atoms. The Morgan fingerprint density at radius 3 is 2.09 bits per heavy atom. The number of morpholine rings is 1. The summed E-state index contributed by atoms with van der Waals surface area (Å²) in [7, 11) is 0. The van der Waals surface area contributed by atoms with Gasteiger partial charge in [0.1, 0.15) is 0 Å². The van der Waals surface area contributed by atoms with Crippen molar-refractivity contribution in [3.63, 3.8) is 0 Å². The maximum absolute atomic E-state index is 12.5. The first-order valence-electron chi connectivity index (χ1n) is 11.4. The van der Waals surface area contributed by atoms with Gasteiger partial charge in [-0.3, -0.25) is 4.90 Å². The normalized spacial score (nSPS) is 17.4. The molecule has 0 spiro atoms. The van der Waals surface area contributed by atoms with Crippen LogP contribution < -0.4 is 4.90 Å². The van der Waals surface area contributed by atoms with Gasteiger partial charge in [0.05, 0.1) is 26.4 Å². The molecule has 0 aromatic heterocycles. The standard InChI is InChI=1S/C24H34N2O6/c1-3-31-23(27)22(24(28)32-4-2)18-26(21-9-13-29-14-10-21)20-7-5-19(6-8-20)17-25-11-15-30-16-12-25/h5-8,18,21H,3-4,9-17H2,1-2H3. The zero-order valence-electron chi connectivity index (χ0n) is 19.1. The van der Waals surface area contributed by atoms with E-state index in [1.54, 1.807) is 20.0 Å². The molecule has 0 saturated carbocycles. The molecule has 176 valence electrons. The Bertz CT molecular complexity index is 747. The Kier molecular flexibility index (Phi) is 9.52. The molecule has 8 nitrogen and oxygen atoms in total. The summed E-state index contributed by atoms with van der Waals surface area (Å²) in [5.41, 5.74) is 2.02. The largest absolute Gasteiger partial charge is 0.462 e. The van der Waals surface area contributed by atoms with Gasteiger partial charge in [0.2, 0.25) is 0 Å². The maximum atomic E-state index is 12.5. The van der Waals surface area contributed by atoms with Crippen molar-refractivity contribution in [2.24, 2.45) is 0 Å². The Balaban J connectivity index is 1.86. The number of carbonyl (C=O) groups is 2. The highest BCUT2D eigenvalue weighted by atomic mass is 16.6. The van der Waals surface area contributed by atoms with Crippen molar-refractivity contribution in [1.82, 2.24) is 4.90 Å². The molecule has 0 N–H and O–H groups in total. The average molecular weight is 447 g/mol. The number of benzene rings is 1. The van der Waals surface area contributed by atoms with Gasteiger partial charge in [-0.15, -0.1) is 0 Å². The lowest BCUT2D eigenvalue weighted by Crippen LogP contribution is -2.37. The van der Waals surface area contributed by atoms with Crippen molar-refractivity contribution >= 4 is 17.6 Å². The molecular weight excluding hydrogens is 412 g/mol. The highest BCUT2D eigenvalue weighted by Crippen LogP contribution is 2.26. The van der Waals surface area contributed by atoms with E-state index < -0.39 is 11.9 Å². The van der Waals surface area contributed by atoms with E-state index in [9.17, 15) is 9.59 Å². The molecule has 0 radical (unpaired) electrons. The third-order valence-corrected chi connectivity index (χ3v) is 5.59. The van der Waals surface area contributed by atoms with E-state index in [4.69, 9.17) is 18.9 Å². The Hall–Kier alpha value is -2.42. The first-order chi connectivity index (χ1) is 15.6. The summed E-state index contributed by atoms with van der Waals surface area (Å²) in [4.78, 5) is 29.4. The van der Waals surface area contributed by atoms with Gasteiger partial charge in [-0.05, 0) is 44.4 Å². The summed E-state index contributed by atoms with van der Waals surface area (Å²) < 4.78 is 21.2. The van der Waals surface area contributed by atoms with Crippen LogP contribution in [0.5, 0.6) is 0 Å². The van der Waals surface area contributed by atoms with Crippen LogP contribution in [0.3, 0.4) is 0 Å². The molecule has 0 aliphatic carbocycles. The van der Waals surface area contributed by atoms with Gasteiger partial charge in [-0.1, -0.05) is 12.1 Å². The van der Waals surface area contributed by atoms with Crippen LogP contribution in [0.25, 0.3) is 0 Å². The first kappa shape index (κ1) is 24.2. The Morgan fingerprint density at radius 1 is 0.969 bits per heavy atom. The van der Waals surface area contributed by atoms with E-state index in [0.29, 0.717) is 13.2 Å². The third kappa shape index (κ3) is 6.79. The molecule has 2 aliphatic heterocycles. The molecule has 0 amide bonds.